The molecule has 4 heteroatoms. The summed E-state index contributed by atoms with van der Waals surface area (Å²) >= 11 is 0. The lowest BCUT2D eigenvalue weighted by atomic mass is 9.92. The molecule has 0 spiro atoms. The van der Waals surface area contributed by atoms with Crippen LogP contribution < -0.4 is 15.4 Å². The maximum absolute atomic E-state index is 13.2. The summed E-state index contributed by atoms with van der Waals surface area (Å²) in [5.41, 5.74) is 2.28. The molecule has 1 fully saturated rings. The monoisotopic (exact) mass is 314 g/mol. The van der Waals surface area contributed by atoms with E-state index in [1.165, 1.54) is 12.1 Å². The van der Waals surface area contributed by atoms with Gasteiger partial charge in [0.05, 0.1) is 7.11 Å². The number of piperidine rings is 1. The topological polar surface area (TPSA) is 33.3 Å². The Bertz CT molecular complexity index is 630. The van der Waals surface area contributed by atoms with Gasteiger partial charge in [-0.15, -0.1) is 0 Å². The van der Waals surface area contributed by atoms with Crippen LogP contribution in [-0.2, 0) is 6.54 Å². The number of hydrogen-bond donors (Lipinski definition) is 2. The molecule has 122 valence electrons. The van der Waals surface area contributed by atoms with Crippen molar-refractivity contribution in [2.75, 3.05) is 13.7 Å². The molecule has 0 aliphatic carbocycles. The minimum absolute atomic E-state index is 0.192. The Morgan fingerprint density at radius 3 is 2.74 bits per heavy atom. The Balaban J connectivity index is 1.70. The molecular formula is C19H23FN2O. The first-order valence-electron chi connectivity index (χ1n) is 8.12. The molecule has 2 aromatic carbocycles. The van der Waals surface area contributed by atoms with Crippen molar-refractivity contribution in [1.82, 2.24) is 10.6 Å². The third kappa shape index (κ3) is 3.89. The van der Waals surface area contributed by atoms with E-state index in [4.69, 9.17) is 4.74 Å². The summed E-state index contributed by atoms with van der Waals surface area (Å²) in [6, 6.07) is 15.4. The van der Waals surface area contributed by atoms with Gasteiger partial charge in [-0.05, 0) is 43.1 Å². The smallest absolute Gasteiger partial charge is 0.123 e. The summed E-state index contributed by atoms with van der Waals surface area (Å²) in [5, 5.41) is 7.19. The van der Waals surface area contributed by atoms with Gasteiger partial charge in [-0.3, -0.25) is 0 Å². The van der Waals surface area contributed by atoms with Gasteiger partial charge in [0, 0.05) is 24.2 Å². The van der Waals surface area contributed by atoms with E-state index in [1.807, 2.05) is 30.3 Å². The SMILES string of the molecule is COc1ccccc1CN[C@H]1CCCN[C@H]1c1ccc(F)cc1. The highest BCUT2D eigenvalue weighted by Gasteiger charge is 2.25. The Morgan fingerprint density at radius 1 is 1.17 bits per heavy atom. The molecule has 0 saturated carbocycles. The lowest BCUT2D eigenvalue weighted by molar-refractivity contribution is 0.302. The van der Waals surface area contributed by atoms with Crippen LogP contribution in [0.4, 0.5) is 4.39 Å². The molecule has 1 heterocycles. The number of hydrogen-bond acceptors (Lipinski definition) is 3. The summed E-state index contributed by atoms with van der Waals surface area (Å²) in [6.07, 6.45) is 2.24. The van der Waals surface area contributed by atoms with E-state index in [9.17, 15) is 4.39 Å². The number of para-hydroxylation sites is 1. The molecule has 0 unspecified atom stereocenters. The van der Waals surface area contributed by atoms with E-state index in [-0.39, 0.29) is 11.9 Å². The second-order valence-electron chi connectivity index (χ2n) is 5.92. The van der Waals surface area contributed by atoms with Gasteiger partial charge in [-0.2, -0.15) is 0 Å². The van der Waals surface area contributed by atoms with E-state index in [2.05, 4.69) is 16.7 Å². The van der Waals surface area contributed by atoms with Crippen LogP contribution in [0.1, 0.15) is 30.0 Å². The minimum atomic E-state index is -0.192. The standard InChI is InChI=1S/C19H23FN2O/c1-23-18-7-3-2-5-15(18)13-22-17-6-4-12-21-19(17)14-8-10-16(20)11-9-14/h2-3,5,7-11,17,19,21-22H,4,6,12-13H2,1H3/t17-,19-/m0/s1. The molecule has 0 aromatic heterocycles. The molecule has 0 bridgehead atoms. The molecule has 1 aliphatic heterocycles. The summed E-state index contributed by atoms with van der Waals surface area (Å²) in [4.78, 5) is 0. The van der Waals surface area contributed by atoms with Gasteiger partial charge >= 0.3 is 0 Å². The number of rotatable bonds is 5. The van der Waals surface area contributed by atoms with Crippen molar-refractivity contribution in [3.8, 4) is 5.75 Å². The van der Waals surface area contributed by atoms with Crippen LogP contribution in [-0.4, -0.2) is 19.7 Å². The molecule has 2 N–H and O–H groups in total. The molecule has 3 rings (SSSR count). The van der Waals surface area contributed by atoms with Crippen molar-refractivity contribution in [1.29, 1.82) is 0 Å². The molecular weight excluding hydrogens is 291 g/mol. The van der Waals surface area contributed by atoms with Crippen molar-refractivity contribution in [3.05, 3.63) is 65.5 Å². The van der Waals surface area contributed by atoms with E-state index in [0.717, 1.165) is 42.8 Å². The summed E-state index contributed by atoms with van der Waals surface area (Å²) < 4.78 is 18.6. The first kappa shape index (κ1) is 16.0. The Morgan fingerprint density at radius 2 is 1.96 bits per heavy atom. The quantitative estimate of drug-likeness (QED) is 0.887. The Hall–Kier alpha value is -1.91. The van der Waals surface area contributed by atoms with Crippen LogP contribution in [0.3, 0.4) is 0 Å². The molecule has 23 heavy (non-hydrogen) atoms. The van der Waals surface area contributed by atoms with Crippen molar-refractivity contribution < 1.29 is 9.13 Å². The lowest BCUT2D eigenvalue weighted by Gasteiger charge is -2.34. The number of nitrogens with one attached hydrogen (secondary N) is 2. The largest absolute Gasteiger partial charge is 0.496 e. The maximum Gasteiger partial charge on any atom is 0.123 e. The fourth-order valence-electron chi connectivity index (χ4n) is 3.22. The normalized spacial score (nSPS) is 21.1. The molecule has 3 nitrogen and oxygen atoms in total. The fraction of sp³-hybridized carbons (Fsp3) is 0.368. The zero-order chi connectivity index (χ0) is 16.1. The van der Waals surface area contributed by atoms with Crippen molar-refractivity contribution >= 4 is 0 Å². The lowest BCUT2D eigenvalue weighted by Crippen LogP contribution is -2.45. The number of halogens is 1. The van der Waals surface area contributed by atoms with Crippen molar-refractivity contribution in [2.24, 2.45) is 0 Å². The van der Waals surface area contributed by atoms with Crippen LogP contribution in [0.5, 0.6) is 5.75 Å². The first-order chi connectivity index (χ1) is 11.3. The van der Waals surface area contributed by atoms with E-state index < -0.39 is 0 Å². The highest BCUT2D eigenvalue weighted by molar-refractivity contribution is 5.33. The number of ether oxygens (including phenoxy) is 1. The van der Waals surface area contributed by atoms with Crippen molar-refractivity contribution in [3.63, 3.8) is 0 Å². The number of benzene rings is 2. The van der Waals surface area contributed by atoms with E-state index >= 15 is 0 Å². The third-order valence-corrected chi connectivity index (χ3v) is 4.43. The van der Waals surface area contributed by atoms with Crippen LogP contribution >= 0.6 is 0 Å². The summed E-state index contributed by atoms with van der Waals surface area (Å²) in [7, 11) is 1.70. The van der Waals surface area contributed by atoms with Crippen LogP contribution in [0, 0.1) is 5.82 Å². The van der Waals surface area contributed by atoms with Crippen molar-refractivity contribution in [2.45, 2.75) is 31.5 Å². The van der Waals surface area contributed by atoms with Gasteiger partial charge in [0.15, 0.2) is 0 Å². The Kier molecular flexibility index (Phi) is 5.26. The fourth-order valence-corrected chi connectivity index (χ4v) is 3.22. The Labute approximate surface area is 136 Å². The predicted octanol–water partition coefficient (Wildman–Crippen LogP) is 3.42. The average Bonchev–Trinajstić information content (AvgIpc) is 2.61. The highest BCUT2D eigenvalue weighted by atomic mass is 19.1. The molecule has 0 radical (unpaired) electrons. The maximum atomic E-state index is 13.2. The second kappa shape index (κ2) is 7.57. The van der Waals surface area contributed by atoms with Gasteiger partial charge in [-0.1, -0.05) is 30.3 Å². The van der Waals surface area contributed by atoms with E-state index in [0.29, 0.717) is 6.04 Å². The second-order valence-corrected chi connectivity index (χ2v) is 5.92. The van der Waals surface area contributed by atoms with Gasteiger partial charge in [0.25, 0.3) is 0 Å². The molecule has 1 saturated heterocycles. The van der Waals surface area contributed by atoms with Gasteiger partial charge in [0.2, 0.25) is 0 Å². The molecule has 0 amide bonds. The average molecular weight is 314 g/mol. The van der Waals surface area contributed by atoms with Gasteiger partial charge in [0.1, 0.15) is 11.6 Å². The minimum Gasteiger partial charge on any atom is -0.496 e. The molecule has 2 atom stereocenters. The summed E-state index contributed by atoms with van der Waals surface area (Å²) in [5.74, 6) is 0.713. The van der Waals surface area contributed by atoms with Crippen LogP contribution in [0.25, 0.3) is 0 Å². The summed E-state index contributed by atoms with van der Waals surface area (Å²) in [6.45, 7) is 1.75. The van der Waals surface area contributed by atoms with Gasteiger partial charge in [-0.25, -0.2) is 4.39 Å². The predicted molar refractivity (Wildman–Crippen MR) is 90.0 cm³/mol. The molecule has 1 aliphatic rings. The van der Waals surface area contributed by atoms with Gasteiger partial charge < -0.3 is 15.4 Å². The number of methoxy groups -OCH3 is 1. The highest BCUT2D eigenvalue weighted by Crippen LogP contribution is 2.25. The zero-order valence-corrected chi connectivity index (χ0v) is 13.4. The van der Waals surface area contributed by atoms with E-state index in [1.54, 1.807) is 7.11 Å². The third-order valence-electron chi connectivity index (χ3n) is 4.43. The molecule has 2 aromatic rings. The van der Waals surface area contributed by atoms with Crippen LogP contribution in [0.15, 0.2) is 48.5 Å². The first-order valence-corrected chi connectivity index (χ1v) is 8.12. The van der Waals surface area contributed by atoms with Crippen LogP contribution in [0.2, 0.25) is 0 Å². The zero-order valence-electron chi connectivity index (χ0n) is 13.4.